The van der Waals surface area contributed by atoms with Gasteiger partial charge < -0.3 is 4.90 Å². The molecule has 2 aromatic rings. The number of hydrogen-bond donors (Lipinski definition) is 0. The Hall–Kier alpha value is -1.26. The van der Waals surface area contributed by atoms with Crippen LogP contribution in [0.3, 0.4) is 0 Å². The number of carbonyl (C=O) groups excluding carboxylic acids is 1. The Bertz CT molecular complexity index is 726. The summed E-state index contributed by atoms with van der Waals surface area (Å²) in [5, 5.41) is 1.48. The van der Waals surface area contributed by atoms with Crippen molar-refractivity contribution in [1.82, 2.24) is 9.80 Å². The molecule has 0 spiro atoms. The summed E-state index contributed by atoms with van der Waals surface area (Å²) in [6, 6.07) is 13.0. The third-order valence-electron chi connectivity index (χ3n) is 4.16. The molecule has 24 heavy (non-hydrogen) atoms. The van der Waals surface area contributed by atoms with E-state index in [2.05, 4.69) is 4.90 Å². The number of halogens is 3. The van der Waals surface area contributed by atoms with E-state index in [-0.39, 0.29) is 5.91 Å². The minimum atomic E-state index is -0.0614. The van der Waals surface area contributed by atoms with Gasteiger partial charge in [0.25, 0.3) is 5.91 Å². The number of rotatable bonds is 3. The van der Waals surface area contributed by atoms with E-state index in [0.717, 1.165) is 24.7 Å². The quantitative estimate of drug-likeness (QED) is 0.773. The van der Waals surface area contributed by atoms with Crippen LogP contribution in [-0.4, -0.2) is 41.9 Å². The average Bonchev–Trinajstić information content (AvgIpc) is 2.59. The molecule has 6 heteroatoms. The van der Waals surface area contributed by atoms with Crippen molar-refractivity contribution < 1.29 is 4.79 Å². The molecule has 1 aliphatic rings. The van der Waals surface area contributed by atoms with Crippen molar-refractivity contribution in [2.45, 2.75) is 6.54 Å². The third kappa shape index (κ3) is 4.04. The fraction of sp³-hybridized carbons (Fsp3) is 0.278. The summed E-state index contributed by atoms with van der Waals surface area (Å²) >= 11 is 18.1. The summed E-state index contributed by atoms with van der Waals surface area (Å²) in [7, 11) is 0. The lowest BCUT2D eigenvalue weighted by molar-refractivity contribution is 0.0628. The normalized spacial score (nSPS) is 15.5. The second-order valence-corrected chi connectivity index (χ2v) is 7.02. The van der Waals surface area contributed by atoms with Crippen molar-refractivity contribution in [2.24, 2.45) is 0 Å². The predicted molar refractivity (Wildman–Crippen MR) is 99.1 cm³/mol. The Labute approximate surface area is 156 Å². The van der Waals surface area contributed by atoms with Crippen LogP contribution in [0.4, 0.5) is 0 Å². The molecular formula is C18H17Cl3N2O. The summed E-state index contributed by atoms with van der Waals surface area (Å²) in [5.74, 6) is -0.0614. The van der Waals surface area contributed by atoms with E-state index in [0.29, 0.717) is 28.7 Å². The van der Waals surface area contributed by atoms with Gasteiger partial charge in [-0.2, -0.15) is 0 Å². The van der Waals surface area contributed by atoms with Crippen LogP contribution in [0.2, 0.25) is 15.1 Å². The zero-order valence-electron chi connectivity index (χ0n) is 13.0. The van der Waals surface area contributed by atoms with Gasteiger partial charge in [0.15, 0.2) is 0 Å². The van der Waals surface area contributed by atoms with Crippen LogP contribution in [0, 0.1) is 0 Å². The standard InChI is InChI=1S/C18H17Cl3N2O/c19-14-6-4-13(5-7-14)12-22-8-10-23(11-9-22)18(24)15-2-1-3-16(20)17(15)21/h1-7H,8-12H2. The average molecular weight is 384 g/mol. The van der Waals surface area contributed by atoms with Gasteiger partial charge in [-0.25, -0.2) is 0 Å². The molecule has 2 aromatic carbocycles. The van der Waals surface area contributed by atoms with E-state index in [4.69, 9.17) is 34.8 Å². The fourth-order valence-corrected chi connectivity index (χ4v) is 3.30. The number of nitrogens with zero attached hydrogens (tertiary/aromatic N) is 2. The SMILES string of the molecule is O=C(c1cccc(Cl)c1Cl)N1CCN(Cc2ccc(Cl)cc2)CC1. The molecule has 0 saturated carbocycles. The molecule has 0 aromatic heterocycles. The Morgan fingerprint density at radius 1 is 0.917 bits per heavy atom. The fourth-order valence-electron chi connectivity index (χ4n) is 2.80. The molecule has 126 valence electrons. The van der Waals surface area contributed by atoms with Crippen molar-refractivity contribution in [3.8, 4) is 0 Å². The van der Waals surface area contributed by atoms with Crippen LogP contribution in [0.25, 0.3) is 0 Å². The van der Waals surface area contributed by atoms with Crippen LogP contribution < -0.4 is 0 Å². The van der Waals surface area contributed by atoms with Crippen molar-refractivity contribution in [3.05, 3.63) is 68.7 Å². The van der Waals surface area contributed by atoms with Gasteiger partial charge in [0, 0.05) is 37.7 Å². The summed E-state index contributed by atoms with van der Waals surface area (Å²) in [6.07, 6.45) is 0. The van der Waals surface area contributed by atoms with Gasteiger partial charge >= 0.3 is 0 Å². The molecule has 3 rings (SSSR count). The van der Waals surface area contributed by atoms with Crippen molar-refractivity contribution >= 4 is 40.7 Å². The van der Waals surface area contributed by atoms with Gasteiger partial charge in [-0.1, -0.05) is 53.0 Å². The highest BCUT2D eigenvalue weighted by atomic mass is 35.5. The van der Waals surface area contributed by atoms with E-state index < -0.39 is 0 Å². The molecule has 1 heterocycles. The number of amides is 1. The molecular weight excluding hydrogens is 367 g/mol. The maximum Gasteiger partial charge on any atom is 0.255 e. The minimum Gasteiger partial charge on any atom is -0.336 e. The van der Waals surface area contributed by atoms with E-state index >= 15 is 0 Å². The molecule has 1 amide bonds. The summed E-state index contributed by atoms with van der Waals surface area (Å²) in [5.41, 5.74) is 1.69. The van der Waals surface area contributed by atoms with Crippen LogP contribution >= 0.6 is 34.8 Å². The Kier molecular flexibility index (Phi) is 5.67. The first-order chi connectivity index (χ1) is 11.5. The predicted octanol–water partition coefficient (Wildman–Crippen LogP) is 4.60. The van der Waals surface area contributed by atoms with Crippen LogP contribution in [-0.2, 0) is 6.54 Å². The molecule has 1 saturated heterocycles. The first-order valence-electron chi connectivity index (χ1n) is 7.74. The van der Waals surface area contributed by atoms with Crippen molar-refractivity contribution in [2.75, 3.05) is 26.2 Å². The molecule has 0 bridgehead atoms. The molecule has 1 aliphatic heterocycles. The first kappa shape index (κ1) is 17.6. The van der Waals surface area contributed by atoms with Gasteiger partial charge in [0.1, 0.15) is 0 Å². The molecule has 0 atom stereocenters. The van der Waals surface area contributed by atoms with Gasteiger partial charge in [0.2, 0.25) is 0 Å². The van der Waals surface area contributed by atoms with Gasteiger partial charge in [0.05, 0.1) is 15.6 Å². The van der Waals surface area contributed by atoms with E-state index in [1.54, 1.807) is 18.2 Å². The lowest BCUT2D eigenvalue weighted by atomic mass is 10.1. The van der Waals surface area contributed by atoms with E-state index in [9.17, 15) is 4.79 Å². The molecule has 0 aliphatic carbocycles. The third-order valence-corrected chi connectivity index (χ3v) is 5.23. The lowest BCUT2D eigenvalue weighted by Gasteiger charge is -2.35. The minimum absolute atomic E-state index is 0.0614. The second kappa shape index (κ2) is 7.75. The molecule has 0 radical (unpaired) electrons. The van der Waals surface area contributed by atoms with E-state index in [1.807, 2.05) is 29.2 Å². The molecule has 0 unspecified atom stereocenters. The lowest BCUT2D eigenvalue weighted by Crippen LogP contribution is -2.48. The Morgan fingerprint density at radius 2 is 1.58 bits per heavy atom. The van der Waals surface area contributed by atoms with Crippen LogP contribution in [0.5, 0.6) is 0 Å². The number of benzene rings is 2. The summed E-state index contributed by atoms with van der Waals surface area (Å²) in [4.78, 5) is 16.8. The van der Waals surface area contributed by atoms with Gasteiger partial charge in [-0.05, 0) is 29.8 Å². The molecule has 0 N–H and O–H groups in total. The molecule has 3 nitrogen and oxygen atoms in total. The Morgan fingerprint density at radius 3 is 2.25 bits per heavy atom. The maximum atomic E-state index is 12.6. The number of carbonyl (C=O) groups is 1. The summed E-state index contributed by atoms with van der Waals surface area (Å²) < 4.78 is 0. The van der Waals surface area contributed by atoms with Gasteiger partial charge in [-0.15, -0.1) is 0 Å². The largest absolute Gasteiger partial charge is 0.336 e. The highest BCUT2D eigenvalue weighted by Crippen LogP contribution is 2.27. The summed E-state index contributed by atoms with van der Waals surface area (Å²) in [6.45, 7) is 3.86. The second-order valence-electron chi connectivity index (χ2n) is 5.80. The first-order valence-corrected chi connectivity index (χ1v) is 8.88. The smallest absolute Gasteiger partial charge is 0.255 e. The van der Waals surface area contributed by atoms with Crippen LogP contribution in [0.1, 0.15) is 15.9 Å². The van der Waals surface area contributed by atoms with Gasteiger partial charge in [-0.3, -0.25) is 9.69 Å². The van der Waals surface area contributed by atoms with Crippen molar-refractivity contribution in [3.63, 3.8) is 0 Å². The van der Waals surface area contributed by atoms with Crippen molar-refractivity contribution in [1.29, 1.82) is 0 Å². The zero-order valence-corrected chi connectivity index (χ0v) is 15.3. The zero-order chi connectivity index (χ0) is 17.1. The van der Waals surface area contributed by atoms with E-state index in [1.165, 1.54) is 5.56 Å². The topological polar surface area (TPSA) is 23.6 Å². The Balaban J connectivity index is 1.59. The highest BCUT2D eigenvalue weighted by molar-refractivity contribution is 6.43. The number of hydrogen-bond acceptors (Lipinski definition) is 2. The monoisotopic (exact) mass is 382 g/mol. The van der Waals surface area contributed by atoms with Crippen LogP contribution in [0.15, 0.2) is 42.5 Å². The highest BCUT2D eigenvalue weighted by Gasteiger charge is 2.24. The maximum absolute atomic E-state index is 12.6. The number of piperazine rings is 1. The molecule has 1 fully saturated rings.